The van der Waals surface area contributed by atoms with E-state index in [9.17, 15) is 0 Å². The number of benzene rings is 10. The number of rotatable bonds is 9. The van der Waals surface area contributed by atoms with Gasteiger partial charge in [0.1, 0.15) is 0 Å². The van der Waals surface area contributed by atoms with Gasteiger partial charge in [0.15, 0.2) is 0 Å². The minimum Gasteiger partial charge on any atom is -0.330 e. The van der Waals surface area contributed by atoms with Gasteiger partial charge in [-0.05, 0) is 122 Å². The first kappa shape index (κ1) is 40.1. The van der Waals surface area contributed by atoms with Gasteiger partial charge in [0.2, 0.25) is 0 Å². The van der Waals surface area contributed by atoms with E-state index < -0.39 is 0 Å². The van der Waals surface area contributed by atoms with Gasteiger partial charge in [-0.1, -0.05) is 212 Å². The van der Waals surface area contributed by atoms with Crippen LogP contribution in [0.4, 0.5) is 28.4 Å². The second kappa shape index (κ2) is 17.2. The van der Waals surface area contributed by atoms with Crippen molar-refractivity contribution in [3.8, 4) is 55.6 Å². The SMILES string of the molecule is C1=CCC2(C=C1)Cc1cc3ccccc3cc1N2c1ccccc1-c1ccc(N(c2ccc(-c3ccccc3)cc2)c2ccc(-c3ccccc3)c(-c3ccccc3)c2)c(-c2ccccc2)c1. The molecule has 0 bridgehead atoms. The van der Waals surface area contributed by atoms with Crippen molar-refractivity contribution in [2.75, 3.05) is 9.80 Å². The normalized spacial score (nSPS) is 15.0. The fraction of sp³-hybridized carbons (Fsp3) is 0.0462. The summed E-state index contributed by atoms with van der Waals surface area (Å²) >= 11 is 0. The molecule has 0 amide bonds. The van der Waals surface area contributed by atoms with Crippen LogP contribution in [0, 0.1) is 0 Å². The second-order valence-electron chi connectivity index (χ2n) is 17.8. The fourth-order valence-corrected chi connectivity index (χ4v) is 10.5. The van der Waals surface area contributed by atoms with E-state index in [-0.39, 0.29) is 5.54 Å². The summed E-state index contributed by atoms with van der Waals surface area (Å²) in [6, 6.07) is 88.8. The Hall–Kier alpha value is -8.46. The predicted octanol–water partition coefficient (Wildman–Crippen LogP) is 17.6. The summed E-state index contributed by atoms with van der Waals surface area (Å²) in [5, 5.41) is 2.55. The molecule has 0 fully saturated rings. The number of para-hydroxylation sites is 1. The molecule has 10 aromatic rings. The highest BCUT2D eigenvalue weighted by atomic mass is 15.2. The lowest BCUT2D eigenvalue weighted by Crippen LogP contribution is -2.42. The molecule has 0 saturated carbocycles. The number of hydrogen-bond donors (Lipinski definition) is 0. The van der Waals surface area contributed by atoms with E-state index >= 15 is 0 Å². The highest BCUT2D eigenvalue weighted by Crippen LogP contribution is 2.52. The smallest absolute Gasteiger partial charge is 0.0712 e. The zero-order chi connectivity index (χ0) is 44.6. The van der Waals surface area contributed by atoms with Crippen molar-refractivity contribution in [2.24, 2.45) is 0 Å². The van der Waals surface area contributed by atoms with Crippen molar-refractivity contribution in [3.63, 3.8) is 0 Å². The Labute approximate surface area is 393 Å². The highest BCUT2D eigenvalue weighted by molar-refractivity contribution is 5.97. The standard InChI is InChI=1S/C65H48N2/c1-6-20-47(21-7-1)48-32-35-56(36-33-48)66(57-37-38-58(49-22-8-2-9-23-49)60(45-57)50-24-10-3-11-25-50)62-39-34-54(43-61(62)51-26-12-4-13-27-51)59-30-16-17-31-63(59)67-64-44-53-29-15-14-28-52(53)42-55(64)46-65(67)40-18-5-19-41-65/h1-40,42-45H,41,46H2. The van der Waals surface area contributed by atoms with Gasteiger partial charge in [-0.25, -0.2) is 0 Å². The third-order valence-corrected chi connectivity index (χ3v) is 13.7. The lowest BCUT2D eigenvalue weighted by molar-refractivity contribution is 0.545. The lowest BCUT2D eigenvalue weighted by atomic mass is 9.86. The molecular formula is C65H48N2. The third-order valence-electron chi connectivity index (χ3n) is 13.7. The first-order valence-electron chi connectivity index (χ1n) is 23.3. The number of fused-ring (bicyclic) bond motifs is 2. The van der Waals surface area contributed by atoms with Crippen LogP contribution in [0.15, 0.2) is 267 Å². The topological polar surface area (TPSA) is 6.48 Å². The molecule has 1 unspecified atom stereocenters. The van der Waals surface area contributed by atoms with Crippen LogP contribution in [-0.4, -0.2) is 5.54 Å². The zero-order valence-corrected chi connectivity index (χ0v) is 37.2. The van der Waals surface area contributed by atoms with Gasteiger partial charge in [0.25, 0.3) is 0 Å². The summed E-state index contributed by atoms with van der Waals surface area (Å²) in [5.74, 6) is 0. The predicted molar refractivity (Wildman–Crippen MR) is 284 cm³/mol. The maximum absolute atomic E-state index is 2.64. The average Bonchev–Trinajstić information content (AvgIpc) is 3.70. The van der Waals surface area contributed by atoms with Crippen molar-refractivity contribution in [3.05, 3.63) is 273 Å². The molecular weight excluding hydrogens is 809 g/mol. The van der Waals surface area contributed by atoms with Crippen molar-refractivity contribution in [1.29, 1.82) is 0 Å². The van der Waals surface area contributed by atoms with E-state index in [2.05, 4.69) is 277 Å². The molecule has 2 nitrogen and oxygen atoms in total. The van der Waals surface area contributed by atoms with Gasteiger partial charge in [-0.15, -0.1) is 0 Å². The van der Waals surface area contributed by atoms with Crippen LogP contribution < -0.4 is 9.80 Å². The highest BCUT2D eigenvalue weighted by Gasteiger charge is 2.43. The van der Waals surface area contributed by atoms with E-state index in [1.807, 2.05) is 0 Å². The van der Waals surface area contributed by atoms with E-state index in [0.29, 0.717) is 0 Å². The van der Waals surface area contributed by atoms with Crippen LogP contribution in [0.1, 0.15) is 12.0 Å². The summed E-state index contributed by atoms with van der Waals surface area (Å²) in [4.78, 5) is 5.09. The molecule has 0 N–H and O–H groups in total. The lowest BCUT2D eigenvalue weighted by Gasteiger charge is -2.40. The first-order chi connectivity index (χ1) is 33.2. The quantitative estimate of drug-likeness (QED) is 0.143. The number of nitrogens with zero attached hydrogens (tertiary/aromatic N) is 2. The molecule has 2 heteroatoms. The van der Waals surface area contributed by atoms with E-state index in [0.717, 1.165) is 41.0 Å². The van der Waals surface area contributed by atoms with Crippen LogP contribution in [0.2, 0.25) is 0 Å². The van der Waals surface area contributed by atoms with Crippen molar-refractivity contribution < 1.29 is 0 Å². The van der Waals surface area contributed by atoms with Gasteiger partial charge in [0.05, 0.1) is 11.2 Å². The molecule has 1 aliphatic carbocycles. The Morgan fingerprint density at radius 1 is 0.358 bits per heavy atom. The van der Waals surface area contributed by atoms with Gasteiger partial charge in [0, 0.05) is 40.3 Å². The molecule has 318 valence electrons. The van der Waals surface area contributed by atoms with Gasteiger partial charge < -0.3 is 9.80 Å². The van der Waals surface area contributed by atoms with Crippen LogP contribution in [-0.2, 0) is 6.42 Å². The maximum Gasteiger partial charge on any atom is 0.0712 e. The Morgan fingerprint density at radius 3 is 1.58 bits per heavy atom. The monoisotopic (exact) mass is 856 g/mol. The minimum absolute atomic E-state index is 0.210. The molecule has 0 aromatic heterocycles. The van der Waals surface area contributed by atoms with E-state index in [1.54, 1.807) is 0 Å². The number of anilines is 5. The Kier molecular flexibility index (Phi) is 10.3. The summed E-state index contributed by atoms with van der Waals surface area (Å²) in [6.45, 7) is 0. The molecule has 0 saturated heterocycles. The molecule has 0 radical (unpaired) electrons. The second-order valence-corrected chi connectivity index (χ2v) is 17.8. The van der Waals surface area contributed by atoms with Gasteiger partial charge in [-0.3, -0.25) is 0 Å². The fourth-order valence-electron chi connectivity index (χ4n) is 10.5. The van der Waals surface area contributed by atoms with Gasteiger partial charge in [-0.2, -0.15) is 0 Å². The van der Waals surface area contributed by atoms with Crippen molar-refractivity contribution in [1.82, 2.24) is 0 Å². The Bertz CT molecular complexity index is 3450. The van der Waals surface area contributed by atoms with Crippen molar-refractivity contribution >= 4 is 39.2 Å². The Morgan fingerprint density at radius 2 is 0.910 bits per heavy atom. The molecule has 1 atom stereocenters. The first-order valence-corrected chi connectivity index (χ1v) is 23.3. The van der Waals surface area contributed by atoms with Crippen LogP contribution in [0.3, 0.4) is 0 Å². The van der Waals surface area contributed by atoms with Crippen LogP contribution in [0.25, 0.3) is 66.4 Å². The molecule has 1 spiro atoms. The third kappa shape index (κ3) is 7.43. The molecule has 1 heterocycles. The Balaban J connectivity index is 1.06. The van der Waals surface area contributed by atoms with Crippen LogP contribution in [0.5, 0.6) is 0 Å². The van der Waals surface area contributed by atoms with Crippen molar-refractivity contribution in [2.45, 2.75) is 18.4 Å². The molecule has 10 aromatic carbocycles. The molecule has 12 rings (SSSR count). The van der Waals surface area contributed by atoms with E-state index in [4.69, 9.17) is 0 Å². The van der Waals surface area contributed by atoms with Crippen LogP contribution >= 0.6 is 0 Å². The van der Waals surface area contributed by atoms with E-state index in [1.165, 1.54) is 72.2 Å². The maximum atomic E-state index is 2.64. The number of hydrogen-bond acceptors (Lipinski definition) is 2. The van der Waals surface area contributed by atoms with Gasteiger partial charge >= 0.3 is 0 Å². The molecule has 1 aliphatic heterocycles. The summed E-state index contributed by atoms with van der Waals surface area (Å²) in [5.41, 5.74) is 18.7. The summed E-state index contributed by atoms with van der Waals surface area (Å²) in [7, 11) is 0. The summed E-state index contributed by atoms with van der Waals surface area (Å²) < 4.78 is 0. The largest absolute Gasteiger partial charge is 0.330 e. The molecule has 67 heavy (non-hydrogen) atoms. The number of allylic oxidation sites excluding steroid dienone is 2. The molecule has 2 aliphatic rings. The summed E-state index contributed by atoms with van der Waals surface area (Å²) in [6.07, 6.45) is 11.1. The average molecular weight is 857 g/mol. The zero-order valence-electron chi connectivity index (χ0n) is 37.2. The minimum atomic E-state index is -0.210.